The van der Waals surface area contributed by atoms with Crippen LogP contribution in [0, 0.1) is 6.92 Å². The lowest BCUT2D eigenvalue weighted by Gasteiger charge is -2.10. The van der Waals surface area contributed by atoms with Crippen molar-refractivity contribution in [2.24, 2.45) is 0 Å². The zero-order valence-electron chi connectivity index (χ0n) is 13.1. The van der Waals surface area contributed by atoms with Gasteiger partial charge in [0.05, 0.1) is 16.4 Å². The van der Waals surface area contributed by atoms with E-state index < -0.39 is 0 Å². The Morgan fingerprint density at radius 3 is 3.13 bits per heavy atom. The van der Waals surface area contributed by atoms with Gasteiger partial charge in [0.1, 0.15) is 10.7 Å². The summed E-state index contributed by atoms with van der Waals surface area (Å²) in [6, 6.07) is 0. The van der Waals surface area contributed by atoms with Crippen LogP contribution in [0.2, 0.25) is 0 Å². The maximum atomic E-state index is 12.6. The number of hydrogen-bond donors (Lipinski definition) is 1. The number of carbonyl (C=O) groups excluding carboxylic acids is 1. The summed E-state index contributed by atoms with van der Waals surface area (Å²) in [6.07, 6.45) is 3.95. The van der Waals surface area contributed by atoms with Crippen molar-refractivity contribution >= 4 is 27.5 Å². The van der Waals surface area contributed by atoms with Crippen molar-refractivity contribution in [2.45, 2.75) is 45.3 Å². The molecule has 2 aliphatic rings. The summed E-state index contributed by atoms with van der Waals surface area (Å²) in [5.74, 6) is 0.709. The minimum atomic E-state index is -0.134. The Bertz CT molecular complexity index is 833. The van der Waals surface area contributed by atoms with Gasteiger partial charge in [0.2, 0.25) is 0 Å². The van der Waals surface area contributed by atoms with Gasteiger partial charge in [-0.05, 0) is 31.7 Å². The summed E-state index contributed by atoms with van der Waals surface area (Å²) < 4.78 is 7.27. The zero-order chi connectivity index (χ0) is 16.0. The van der Waals surface area contributed by atoms with Crippen LogP contribution in [0.25, 0.3) is 10.2 Å². The van der Waals surface area contributed by atoms with Gasteiger partial charge < -0.3 is 10.1 Å². The van der Waals surface area contributed by atoms with E-state index in [1.165, 1.54) is 11.3 Å². The van der Waals surface area contributed by atoms with Crippen molar-refractivity contribution in [2.75, 3.05) is 13.2 Å². The van der Waals surface area contributed by atoms with E-state index in [0.717, 1.165) is 50.2 Å². The fourth-order valence-electron chi connectivity index (χ4n) is 3.38. The summed E-state index contributed by atoms with van der Waals surface area (Å²) in [4.78, 5) is 31.0. The number of nitrogens with one attached hydrogen (secondary N) is 1. The molecule has 1 fully saturated rings. The van der Waals surface area contributed by atoms with Crippen LogP contribution in [0.4, 0.5) is 0 Å². The minimum absolute atomic E-state index is 0.00516. The van der Waals surface area contributed by atoms with Crippen LogP contribution in [0.15, 0.2) is 4.79 Å². The van der Waals surface area contributed by atoms with Crippen LogP contribution >= 0.6 is 11.3 Å². The van der Waals surface area contributed by atoms with Crippen molar-refractivity contribution in [1.29, 1.82) is 0 Å². The van der Waals surface area contributed by atoms with Crippen LogP contribution in [0.3, 0.4) is 0 Å². The van der Waals surface area contributed by atoms with Gasteiger partial charge in [-0.15, -0.1) is 11.3 Å². The molecular weight excluding hydrogens is 314 g/mol. The van der Waals surface area contributed by atoms with Crippen LogP contribution in [0.5, 0.6) is 0 Å². The molecule has 0 unspecified atom stereocenters. The number of rotatable bonds is 3. The second-order valence-corrected chi connectivity index (χ2v) is 7.17. The molecule has 0 radical (unpaired) electrons. The highest BCUT2D eigenvalue weighted by Gasteiger charge is 2.24. The molecule has 1 saturated heterocycles. The maximum absolute atomic E-state index is 12.6. The Kier molecular flexibility index (Phi) is 3.69. The zero-order valence-corrected chi connectivity index (χ0v) is 13.9. The van der Waals surface area contributed by atoms with E-state index in [1.54, 1.807) is 4.57 Å². The predicted molar refractivity (Wildman–Crippen MR) is 88.2 cm³/mol. The van der Waals surface area contributed by atoms with E-state index in [4.69, 9.17) is 4.74 Å². The predicted octanol–water partition coefficient (Wildman–Crippen LogP) is 1.62. The van der Waals surface area contributed by atoms with Crippen molar-refractivity contribution in [3.63, 3.8) is 0 Å². The monoisotopic (exact) mass is 333 g/mol. The number of thiophene rings is 1. The largest absolute Gasteiger partial charge is 0.376 e. The second-order valence-electron chi connectivity index (χ2n) is 6.17. The van der Waals surface area contributed by atoms with Crippen LogP contribution in [0.1, 0.15) is 40.3 Å². The molecule has 6 nitrogen and oxygen atoms in total. The van der Waals surface area contributed by atoms with Crippen LogP contribution < -0.4 is 10.9 Å². The molecule has 1 N–H and O–H groups in total. The quantitative estimate of drug-likeness (QED) is 0.926. The number of ether oxygens (including phenoxy) is 1. The molecule has 4 heterocycles. The van der Waals surface area contributed by atoms with Gasteiger partial charge in [-0.25, -0.2) is 4.98 Å². The first kappa shape index (κ1) is 14.8. The third kappa shape index (κ3) is 2.48. The number of aryl methyl sites for hydroxylation is 2. The molecule has 0 aromatic carbocycles. The van der Waals surface area contributed by atoms with Gasteiger partial charge in [0, 0.05) is 26.1 Å². The first-order valence-electron chi connectivity index (χ1n) is 8.08. The van der Waals surface area contributed by atoms with Gasteiger partial charge in [0.15, 0.2) is 0 Å². The molecule has 7 heteroatoms. The number of amides is 1. The van der Waals surface area contributed by atoms with E-state index in [-0.39, 0.29) is 17.6 Å². The number of nitrogens with zero attached hydrogens (tertiary/aromatic N) is 2. The lowest BCUT2D eigenvalue weighted by atomic mass is 10.2. The van der Waals surface area contributed by atoms with E-state index in [1.807, 2.05) is 6.92 Å². The van der Waals surface area contributed by atoms with Gasteiger partial charge in [-0.1, -0.05) is 0 Å². The Labute approximate surface area is 137 Å². The molecule has 0 bridgehead atoms. The smallest absolute Gasteiger partial charge is 0.262 e. The summed E-state index contributed by atoms with van der Waals surface area (Å²) in [6.45, 7) is 3.86. The number of fused-ring (bicyclic) bond motifs is 2. The first-order chi connectivity index (χ1) is 11.1. The number of carbonyl (C=O) groups is 1. The van der Waals surface area contributed by atoms with Gasteiger partial charge in [-0.3, -0.25) is 14.2 Å². The molecule has 2 aromatic heterocycles. The molecule has 1 amide bonds. The van der Waals surface area contributed by atoms with E-state index in [2.05, 4.69) is 10.3 Å². The molecule has 2 aliphatic heterocycles. The summed E-state index contributed by atoms with van der Waals surface area (Å²) in [5, 5.41) is 3.53. The van der Waals surface area contributed by atoms with Crippen molar-refractivity contribution < 1.29 is 9.53 Å². The standard InChI is InChI=1S/C16H19N3O3S/c1-9-12-15(18-11-5-2-6-19(11)16(12)21)23-13(9)14(20)17-8-10-4-3-7-22-10/h10H,2-8H2,1H3,(H,17,20)/t10-/m0/s1. The van der Waals surface area contributed by atoms with Gasteiger partial charge in [0.25, 0.3) is 11.5 Å². The molecule has 0 aliphatic carbocycles. The molecule has 23 heavy (non-hydrogen) atoms. The second kappa shape index (κ2) is 5.72. The van der Waals surface area contributed by atoms with Gasteiger partial charge >= 0.3 is 0 Å². The van der Waals surface area contributed by atoms with E-state index in [0.29, 0.717) is 21.6 Å². The van der Waals surface area contributed by atoms with Crippen molar-refractivity contribution in [3.05, 3.63) is 26.6 Å². The molecule has 0 saturated carbocycles. The minimum Gasteiger partial charge on any atom is -0.376 e. The van der Waals surface area contributed by atoms with Crippen LogP contribution in [-0.4, -0.2) is 34.7 Å². The summed E-state index contributed by atoms with van der Waals surface area (Å²) in [7, 11) is 0. The average Bonchev–Trinajstić information content (AvgIpc) is 3.25. The molecule has 2 aromatic rings. The van der Waals surface area contributed by atoms with Gasteiger partial charge in [-0.2, -0.15) is 0 Å². The molecule has 122 valence electrons. The SMILES string of the molecule is Cc1c(C(=O)NC[C@@H]2CCCO2)sc2nc3n(c(=O)c12)CCC3. The highest BCUT2D eigenvalue weighted by molar-refractivity contribution is 7.20. The third-order valence-electron chi connectivity index (χ3n) is 4.63. The summed E-state index contributed by atoms with van der Waals surface area (Å²) in [5.41, 5.74) is 0.740. The number of aromatic nitrogens is 2. The fraction of sp³-hybridized carbons (Fsp3) is 0.562. The van der Waals surface area contributed by atoms with Crippen molar-refractivity contribution in [3.8, 4) is 0 Å². The number of hydrogen-bond acceptors (Lipinski definition) is 5. The van der Waals surface area contributed by atoms with Crippen LogP contribution in [-0.2, 0) is 17.7 Å². The first-order valence-corrected chi connectivity index (χ1v) is 8.89. The molecular formula is C16H19N3O3S. The summed E-state index contributed by atoms with van der Waals surface area (Å²) >= 11 is 1.32. The lowest BCUT2D eigenvalue weighted by Crippen LogP contribution is -2.31. The maximum Gasteiger partial charge on any atom is 0.262 e. The Balaban J connectivity index is 1.65. The third-order valence-corrected chi connectivity index (χ3v) is 5.82. The molecule has 0 spiro atoms. The highest BCUT2D eigenvalue weighted by Crippen LogP contribution is 2.28. The Morgan fingerprint density at radius 1 is 1.48 bits per heavy atom. The topological polar surface area (TPSA) is 73.2 Å². The Hall–Kier alpha value is -1.73. The Morgan fingerprint density at radius 2 is 2.35 bits per heavy atom. The molecule has 1 atom stereocenters. The van der Waals surface area contributed by atoms with E-state index >= 15 is 0 Å². The van der Waals surface area contributed by atoms with E-state index in [9.17, 15) is 9.59 Å². The average molecular weight is 333 g/mol. The molecule has 4 rings (SSSR count). The highest BCUT2D eigenvalue weighted by atomic mass is 32.1. The normalized spacial score (nSPS) is 20.1. The fourth-order valence-corrected chi connectivity index (χ4v) is 4.49. The van der Waals surface area contributed by atoms with Crippen molar-refractivity contribution in [1.82, 2.24) is 14.9 Å². The lowest BCUT2D eigenvalue weighted by molar-refractivity contribution is 0.0860.